The molecule has 1 fully saturated rings. The maximum Gasteiger partial charge on any atom is 0.251 e. The number of hydrogen-bond donors (Lipinski definition) is 3. The number of benzene rings is 1. The van der Waals surface area contributed by atoms with Crippen LogP contribution in [0.1, 0.15) is 43.0 Å². The first-order chi connectivity index (χ1) is 12.1. The van der Waals surface area contributed by atoms with Crippen molar-refractivity contribution >= 4 is 24.2 Å². The van der Waals surface area contributed by atoms with E-state index in [4.69, 9.17) is 0 Å². The molecular weight excluding hydrogens is 357 g/mol. The Labute approximate surface area is 160 Å². The Kier molecular flexibility index (Phi) is 10.2. The van der Waals surface area contributed by atoms with Crippen molar-refractivity contribution in [2.45, 2.75) is 32.6 Å². The molecule has 1 aromatic rings. The fourth-order valence-corrected chi connectivity index (χ4v) is 3.12. The molecule has 1 aromatic carbocycles. The molecule has 2 unspecified atom stereocenters. The third-order valence-electron chi connectivity index (χ3n) is 4.71. The number of nitrogens with one attached hydrogen (secondary N) is 3. The van der Waals surface area contributed by atoms with Gasteiger partial charge in [0.15, 0.2) is 0 Å². The second-order valence-corrected chi connectivity index (χ2v) is 6.75. The quantitative estimate of drug-likeness (QED) is 0.602. The lowest BCUT2D eigenvalue weighted by Crippen LogP contribution is -2.36. The summed E-state index contributed by atoms with van der Waals surface area (Å²) in [5, 5.41) is 9.06. The molecule has 0 radical (unpaired) electrons. The summed E-state index contributed by atoms with van der Waals surface area (Å²) in [5.41, 5.74) is 0.431. The van der Waals surface area contributed by atoms with Gasteiger partial charge in [-0.15, -0.1) is 12.4 Å². The highest BCUT2D eigenvalue weighted by Crippen LogP contribution is 2.22. The molecule has 3 N–H and O–H groups in total. The number of piperidine rings is 1. The number of rotatable bonds is 8. The molecule has 0 aromatic heterocycles. The van der Waals surface area contributed by atoms with E-state index in [1.165, 1.54) is 37.1 Å². The van der Waals surface area contributed by atoms with E-state index in [0.717, 1.165) is 13.1 Å². The zero-order valence-corrected chi connectivity index (χ0v) is 16.0. The molecule has 0 bridgehead atoms. The third-order valence-corrected chi connectivity index (χ3v) is 4.71. The average molecular weight is 386 g/mol. The van der Waals surface area contributed by atoms with Gasteiger partial charge in [0.05, 0.1) is 0 Å². The molecule has 26 heavy (non-hydrogen) atoms. The second kappa shape index (κ2) is 11.9. The molecule has 7 heteroatoms. The highest BCUT2D eigenvalue weighted by atomic mass is 35.5. The lowest BCUT2D eigenvalue weighted by atomic mass is 9.85. The van der Waals surface area contributed by atoms with Gasteiger partial charge in [-0.2, -0.15) is 0 Å². The van der Waals surface area contributed by atoms with Crippen LogP contribution in [-0.2, 0) is 4.79 Å². The molecular formula is C19H29ClFN3O2. The highest BCUT2D eigenvalue weighted by Gasteiger charge is 2.21. The zero-order valence-electron chi connectivity index (χ0n) is 15.2. The minimum Gasteiger partial charge on any atom is -0.356 e. The van der Waals surface area contributed by atoms with Gasteiger partial charge >= 0.3 is 0 Å². The van der Waals surface area contributed by atoms with E-state index in [9.17, 15) is 14.0 Å². The van der Waals surface area contributed by atoms with E-state index >= 15 is 0 Å². The minimum atomic E-state index is -0.363. The summed E-state index contributed by atoms with van der Waals surface area (Å²) < 4.78 is 12.8. The topological polar surface area (TPSA) is 70.2 Å². The van der Waals surface area contributed by atoms with Crippen LogP contribution in [0.3, 0.4) is 0 Å². The van der Waals surface area contributed by atoms with Crippen LogP contribution < -0.4 is 16.0 Å². The minimum absolute atomic E-state index is 0. The molecule has 1 saturated heterocycles. The smallest absolute Gasteiger partial charge is 0.251 e. The van der Waals surface area contributed by atoms with E-state index < -0.39 is 0 Å². The van der Waals surface area contributed by atoms with Gasteiger partial charge in [0.2, 0.25) is 5.91 Å². The Bertz CT molecular complexity index is 562. The summed E-state index contributed by atoms with van der Waals surface area (Å²) in [4.78, 5) is 23.8. The van der Waals surface area contributed by atoms with Crippen LogP contribution in [0.5, 0.6) is 0 Å². The molecule has 2 amide bonds. The summed E-state index contributed by atoms with van der Waals surface area (Å²) >= 11 is 0. The largest absolute Gasteiger partial charge is 0.356 e. The van der Waals surface area contributed by atoms with E-state index in [2.05, 4.69) is 22.9 Å². The van der Waals surface area contributed by atoms with Gasteiger partial charge in [0, 0.05) is 25.1 Å². The van der Waals surface area contributed by atoms with E-state index in [0.29, 0.717) is 43.3 Å². The zero-order chi connectivity index (χ0) is 18.1. The van der Waals surface area contributed by atoms with Crippen LogP contribution in [0.4, 0.5) is 4.39 Å². The predicted molar refractivity (Wildman–Crippen MR) is 103 cm³/mol. The molecule has 5 nitrogen and oxygen atoms in total. The van der Waals surface area contributed by atoms with Crippen molar-refractivity contribution in [3.63, 3.8) is 0 Å². The van der Waals surface area contributed by atoms with Crippen LogP contribution in [0.25, 0.3) is 0 Å². The first kappa shape index (κ1) is 22.4. The molecule has 0 spiro atoms. The Balaban J connectivity index is 0.00000338. The van der Waals surface area contributed by atoms with Crippen molar-refractivity contribution in [2.24, 2.45) is 11.8 Å². The van der Waals surface area contributed by atoms with E-state index in [1.54, 1.807) is 0 Å². The number of carbonyl (C=O) groups is 2. The van der Waals surface area contributed by atoms with Gasteiger partial charge < -0.3 is 16.0 Å². The molecule has 0 aliphatic carbocycles. The maximum absolute atomic E-state index is 12.8. The van der Waals surface area contributed by atoms with Gasteiger partial charge in [0.1, 0.15) is 5.82 Å². The van der Waals surface area contributed by atoms with Gasteiger partial charge in [-0.25, -0.2) is 4.39 Å². The van der Waals surface area contributed by atoms with Crippen molar-refractivity contribution in [1.82, 2.24) is 16.0 Å². The Morgan fingerprint density at radius 3 is 2.58 bits per heavy atom. The molecule has 2 rings (SSSR count). The van der Waals surface area contributed by atoms with Gasteiger partial charge in [0.25, 0.3) is 5.91 Å². The van der Waals surface area contributed by atoms with Crippen LogP contribution in [0, 0.1) is 17.7 Å². The molecule has 2 atom stereocenters. The molecule has 1 heterocycles. The lowest BCUT2D eigenvalue weighted by Gasteiger charge is -2.28. The fourth-order valence-electron chi connectivity index (χ4n) is 3.12. The number of amides is 2. The number of carbonyl (C=O) groups excluding carboxylic acids is 2. The fraction of sp³-hybridized carbons (Fsp3) is 0.579. The van der Waals surface area contributed by atoms with Crippen molar-refractivity contribution in [2.75, 3.05) is 26.2 Å². The molecule has 1 aliphatic rings. The standard InChI is InChI=1S/C19H28FN3O2.ClH/c1-14(16-4-2-9-21-13-16)12-18(24)22-10-3-11-23-19(25)15-5-7-17(20)8-6-15;/h5-8,14,16,21H,2-4,9-13H2,1H3,(H,22,24)(H,23,25);1H. The first-order valence-corrected chi connectivity index (χ1v) is 9.07. The van der Waals surface area contributed by atoms with Crippen molar-refractivity contribution < 1.29 is 14.0 Å². The van der Waals surface area contributed by atoms with Crippen molar-refractivity contribution in [1.29, 1.82) is 0 Å². The van der Waals surface area contributed by atoms with E-state index in [1.807, 2.05) is 0 Å². The number of halogens is 2. The van der Waals surface area contributed by atoms with Crippen LogP contribution in [-0.4, -0.2) is 38.0 Å². The Morgan fingerprint density at radius 1 is 1.23 bits per heavy atom. The summed E-state index contributed by atoms with van der Waals surface area (Å²) in [6.45, 7) is 5.24. The van der Waals surface area contributed by atoms with Crippen LogP contribution in [0.15, 0.2) is 24.3 Å². The van der Waals surface area contributed by atoms with Crippen LogP contribution in [0.2, 0.25) is 0 Å². The summed E-state index contributed by atoms with van der Waals surface area (Å²) in [5.74, 6) is 0.436. The monoisotopic (exact) mass is 385 g/mol. The Hall–Kier alpha value is -1.66. The van der Waals surface area contributed by atoms with Crippen molar-refractivity contribution in [3.05, 3.63) is 35.6 Å². The molecule has 1 aliphatic heterocycles. The summed E-state index contributed by atoms with van der Waals surface area (Å²) in [6.07, 6.45) is 3.59. The first-order valence-electron chi connectivity index (χ1n) is 9.07. The van der Waals surface area contributed by atoms with Gasteiger partial charge in [-0.1, -0.05) is 6.92 Å². The number of hydrogen-bond acceptors (Lipinski definition) is 3. The SMILES string of the molecule is CC(CC(=O)NCCCNC(=O)c1ccc(F)cc1)C1CCCNC1.Cl. The van der Waals surface area contributed by atoms with Gasteiger partial charge in [-0.3, -0.25) is 9.59 Å². The predicted octanol–water partition coefficient (Wildman–Crippen LogP) is 2.51. The molecule has 146 valence electrons. The highest BCUT2D eigenvalue weighted by molar-refractivity contribution is 5.94. The lowest BCUT2D eigenvalue weighted by molar-refractivity contribution is -0.122. The second-order valence-electron chi connectivity index (χ2n) is 6.75. The van der Waals surface area contributed by atoms with Gasteiger partial charge in [-0.05, 0) is 68.5 Å². The summed E-state index contributed by atoms with van der Waals surface area (Å²) in [7, 11) is 0. The molecule has 0 saturated carbocycles. The average Bonchev–Trinajstić information content (AvgIpc) is 2.62. The van der Waals surface area contributed by atoms with Crippen LogP contribution >= 0.6 is 12.4 Å². The maximum atomic E-state index is 12.8. The normalized spacial score (nSPS) is 17.7. The Morgan fingerprint density at radius 2 is 1.92 bits per heavy atom. The van der Waals surface area contributed by atoms with E-state index in [-0.39, 0.29) is 30.0 Å². The summed E-state index contributed by atoms with van der Waals surface area (Å²) in [6, 6.07) is 5.43. The third kappa shape index (κ3) is 7.70. The van der Waals surface area contributed by atoms with Crippen molar-refractivity contribution in [3.8, 4) is 0 Å².